The maximum Gasteiger partial charge on any atom is 0.332 e. The summed E-state index contributed by atoms with van der Waals surface area (Å²) in [5.41, 5.74) is 4.13. The van der Waals surface area contributed by atoms with E-state index in [0.29, 0.717) is 0 Å². The lowest BCUT2D eigenvalue weighted by atomic mass is 9.73. The molecule has 4 heteroatoms. The first kappa shape index (κ1) is 18.7. The maximum atomic E-state index is 13.1. The van der Waals surface area contributed by atoms with E-state index in [-0.39, 0.29) is 17.8 Å². The summed E-state index contributed by atoms with van der Waals surface area (Å²) in [5.74, 6) is 0.781. The maximum absolute atomic E-state index is 13.1. The van der Waals surface area contributed by atoms with Crippen LogP contribution in [-0.4, -0.2) is 30.4 Å². The number of aliphatic imine (C=N–C) groups is 1. The largest absolute Gasteiger partial charge is 0.497 e. The Kier molecular flexibility index (Phi) is 4.74. The zero-order valence-corrected chi connectivity index (χ0v) is 16.9. The highest BCUT2D eigenvalue weighted by molar-refractivity contribution is 6.08. The number of hydrogen-bond donors (Lipinski definition) is 0. The molecule has 146 valence electrons. The lowest BCUT2D eigenvalue weighted by Gasteiger charge is -2.29. The summed E-state index contributed by atoms with van der Waals surface area (Å²) in [7, 11) is 1.66. The van der Waals surface area contributed by atoms with Gasteiger partial charge in [-0.1, -0.05) is 36.4 Å². The van der Waals surface area contributed by atoms with Crippen molar-refractivity contribution < 1.29 is 14.3 Å². The Bertz CT molecular complexity index is 908. The van der Waals surface area contributed by atoms with Gasteiger partial charge in [-0.3, -0.25) is 4.99 Å². The molecule has 1 aliphatic carbocycles. The van der Waals surface area contributed by atoms with Crippen LogP contribution in [0.1, 0.15) is 49.8 Å². The fourth-order valence-electron chi connectivity index (χ4n) is 4.40. The van der Waals surface area contributed by atoms with Crippen molar-refractivity contribution in [1.82, 2.24) is 0 Å². The van der Waals surface area contributed by atoms with Gasteiger partial charge in [0, 0.05) is 17.5 Å². The molecule has 2 aliphatic rings. The molecule has 0 saturated carbocycles. The molecule has 0 spiro atoms. The Balaban J connectivity index is 1.75. The van der Waals surface area contributed by atoms with Crippen molar-refractivity contribution in [3.63, 3.8) is 0 Å². The van der Waals surface area contributed by atoms with Crippen LogP contribution in [0.3, 0.4) is 0 Å². The van der Waals surface area contributed by atoms with Gasteiger partial charge in [-0.25, -0.2) is 4.79 Å². The van der Waals surface area contributed by atoms with Crippen molar-refractivity contribution in [3.05, 3.63) is 65.2 Å². The molecule has 2 aromatic rings. The number of nitrogens with zero attached hydrogens (tertiary/aromatic N) is 1. The third-order valence-corrected chi connectivity index (χ3v) is 5.57. The van der Waals surface area contributed by atoms with Crippen molar-refractivity contribution >= 4 is 11.7 Å². The third-order valence-electron chi connectivity index (χ3n) is 5.57. The summed E-state index contributed by atoms with van der Waals surface area (Å²) in [6, 6.07) is 15.9. The van der Waals surface area contributed by atoms with Gasteiger partial charge in [0.1, 0.15) is 11.4 Å². The Hall–Kier alpha value is -2.62. The molecule has 0 fully saturated rings. The van der Waals surface area contributed by atoms with Crippen LogP contribution in [0, 0.1) is 5.92 Å². The molecule has 1 aliphatic heterocycles. The molecular formula is C24H27NO3. The van der Waals surface area contributed by atoms with Crippen molar-refractivity contribution in [2.45, 2.75) is 51.2 Å². The van der Waals surface area contributed by atoms with Crippen LogP contribution in [-0.2, 0) is 16.0 Å². The van der Waals surface area contributed by atoms with E-state index in [1.54, 1.807) is 7.11 Å². The highest BCUT2D eigenvalue weighted by Gasteiger charge is 2.46. The first-order valence-corrected chi connectivity index (χ1v) is 9.90. The van der Waals surface area contributed by atoms with Gasteiger partial charge in [-0.2, -0.15) is 0 Å². The fourth-order valence-corrected chi connectivity index (χ4v) is 4.40. The van der Waals surface area contributed by atoms with Gasteiger partial charge >= 0.3 is 5.97 Å². The van der Waals surface area contributed by atoms with Gasteiger partial charge < -0.3 is 9.47 Å². The van der Waals surface area contributed by atoms with Crippen LogP contribution in [0.4, 0.5) is 0 Å². The predicted molar refractivity (Wildman–Crippen MR) is 110 cm³/mol. The molecule has 0 unspecified atom stereocenters. The number of methoxy groups -OCH3 is 1. The summed E-state index contributed by atoms with van der Waals surface area (Å²) in [6.45, 7) is 5.70. The second-order valence-corrected chi connectivity index (χ2v) is 8.59. The Morgan fingerprint density at radius 1 is 1.07 bits per heavy atom. The van der Waals surface area contributed by atoms with E-state index < -0.39 is 11.6 Å². The summed E-state index contributed by atoms with van der Waals surface area (Å²) in [6.07, 6.45) is 2.00. The normalized spacial score (nSPS) is 23.4. The summed E-state index contributed by atoms with van der Waals surface area (Å²) < 4.78 is 11.0. The number of rotatable bonds is 3. The van der Waals surface area contributed by atoms with E-state index in [2.05, 4.69) is 30.3 Å². The van der Waals surface area contributed by atoms with Gasteiger partial charge in [0.05, 0.1) is 7.11 Å². The van der Waals surface area contributed by atoms with Crippen molar-refractivity contribution in [1.29, 1.82) is 0 Å². The molecule has 3 atom stereocenters. The Morgan fingerprint density at radius 3 is 2.46 bits per heavy atom. The van der Waals surface area contributed by atoms with Crippen molar-refractivity contribution in [2.24, 2.45) is 10.9 Å². The van der Waals surface area contributed by atoms with Crippen molar-refractivity contribution in [3.8, 4) is 5.75 Å². The van der Waals surface area contributed by atoms with Gasteiger partial charge in [-0.15, -0.1) is 0 Å². The minimum Gasteiger partial charge on any atom is -0.497 e. The molecule has 28 heavy (non-hydrogen) atoms. The number of fused-ring (bicyclic) bond motifs is 3. The van der Waals surface area contributed by atoms with E-state index in [1.165, 1.54) is 11.1 Å². The molecule has 4 nitrogen and oxygen atoms in total. The van der Waals surface area contributed by atoms with E-state index >= 15 is 0 Å². The molecule has 4 rings (SSSR count). The highest BCUT2D eigenvalue weighted by Crippen LogP contribution is 2.45. The smallest absolute Gasteiger partial charge is 0.332 e. The van der Waals surface area contributed by atoms with Gasteiger partial charge in [0.25, 0.3) is 0 Å². The standard InChI is InChI=1S/C24H27NO3/c1-24(2,3)28-23(26)22-20(16-9-12-17(27-4)13-10-16)19-14-11-15-7-5-6-8-18(15)21(19)25-22/h5-10,12-13,19-20,22H,11,14H2,1-4H3/t19-,20-,22-/m1/s1. The fraction of sp³-hybridized carbons (Fsp3) is 0.417. The number of carbonyl (C=O) groups is 1. The van der Waals surface area contributed by atoms with Crippen LogP contribution >= 0.6 is 0 Å². The number of carbonyl (C=O) groups excluding carboxylic acids is 1. The minimum atomic E-state index is -0.534. The zero-order chi connectivity index (χ0) is 19.9. The highest BCUT2D eigenvalue weighted by atomic mass is 16.6. The predicted octanol–water partition coefficient (Wildman–Crippen LogP) is 4.55. The van der Waals surface area contributed by atoms with E-state index in [1.807, 2.05) is 39.0 Å². The third kappa shape index (κ3) is 3.44. The SMILES string of the molecule is COc1ccc([C@@H]2[C@H]3CCc4ccccc4C3=N[C@H]2C(=O)OC(C)(C)C)cc1. The second kappa shape index (κ2) is 7.08. The number of hydrogen-bond acceptors (Lipinski definition) is 4. The van der Waals surface area contributed by atoms with E-state index in [0.717, 1.165) is 29.9 Å². The van der Waals surface area contributed by atoms with Crippen LogP contribution in [0.15, 0.2) is 53.5 Å². The molecule has 0 aromatic heterocycles. The van der Waals surface area contributed by atoms with Gasteiger partial charge in [0.15, 0.2) is 6.04 Å². The van der Waals surface area contributed by atoms with E-state index in [4.69, 9.17) is 14.5 Å². The van der Waals surface area contributed by atoms with Gasteiger partial charge in [0.2, 0.25) is 0 Å². The first-order chi connectivity index (χ1) is 13.4. The van der Waals surface area contributed by atoms with E-state index in [9.17, 15) is 4.79 Å². The molecule has 2 aromatic carbocycles. The monoisotopic (exact) mass is 377 g/mol. The molecule has 0 saturated heterocycles. The lowest BCUT2D eigenvalue weighted by molar-refractivity contribution is -0.156. The zero-order valence-electron chi connectivity index (χ0n) is 16.9. The lowest BCUT2D eigenvalue weighted by Crippen LogP contribution is -2.35. The molecule has 0 radical (unpaired) electrons. The topological polar surface area (TPSA) is 47.9 Å². The summed E-state index contributed by atoms with van der Waals surface area (Å²) in [5, 5.41) is 0. The molecule has 0 amide bonds. The number of esters is 1. The van der Waals surface area contributed by atoms with Gasteiger partial charge in [-0.05, 0) is 62.4 Å². The Morgan fingerprint density at radius 2 is 1.79 bits per heavy atom. The number of benzene rings is 2. The average molecular weight is 377 g/mol. The second-order valence-electron chi connectivity index (χ2n) is 8.59. The van der Waals surface area contributed by atoms with Crippen LogP contribution in [0.5, 0.6) is 5.75 Å². The first-order valence-electron chi connectivity index (χ1n) is 9.90. The van der Waals surface area contributed by atoms with Crippen LogP contribution in [0.25, 0.3) is 0 Å². The quantitative estimate of drug-likeness (QED) is 0.737. The number of ether oxygens (including phenoxy) is 2. The molecular weight excluding hydrogens is 350 g/mol. The Labute approximate surface area is 166 Å². The molecule has 0 N–H and O–H groups in total. The molecule has 0 bridgehead atoms. The van der Waals surface area contributed by atoms with Crippen molar-refractivity contribution in [2.75, 3.05) is 7.11 Å². The van der Waals surface area contributed by atoms with Crippen LogP contribution in [0.2, 0.25) is 0 Å². The molecule has 1 heterocycles. The van der Waals surface area contributed by atoms with Crippen LogP contribution < -0.4 is 4.74 Å². The minimum absolute atomic E-state index is 0.0101. The number of aryl methyl sites for hydroxylation is 1. The summed E-state index contributed by atoms with van der Waals surface area (Å²) >= 11 is 0. The average Bonchev–Trinajstić information content (AvgIpc) is 3.07. The summed E-state index contributed by atoms with van der Waals surface area (Å²) in [4.78, 5) is 18.0.